The van der Waals surface area contributed by atoms with Gasteiger partial charge in [0.15, 0.2) is 0 Å². The number of piperazine rings is 1. The highest BCUT2D eigenvalue weighted by molar-refractivity contribution is 5.60. The zero-order chi connectivity index (χ0) is 17.1. The molecule has 2 nitrogen and oxygen atoms in total. The molecule has 0 bridgehead atoms. The van der Waals surface area contributed by atoms with Crippen molar-refractivity contribution in [3.05, 3.63) is 65.2 Å². The number of hydrogen-bond acceptors (Lipinski definition) is 2. The van der Waals surface area contributed by atoms with Gasteiger partial charge in [0.1, 0.15) is 0 Å². The molecule has 2 aliphatic rings. The normalized spacial score (nSPS) is 19.7. The molecule has 4 rings (SSSR count). The molecule has 1 atom stereocenters. The van der Waals surface area contributed by atoms with E-state index < -0.39 is 0 Å². The molecule has 2 aromatic rings. The molecule has 0 aromatic heterocycles. The summed E-state index contributed by atoms with van der Waals surface area (Å²) >= 11 is 0. The van der Waals surface area contributed by atoms with Gasteiger partial charge in [-0.2, -0.15) is 0 Å². The van der Waals surface area contributed by atoms with Crippen LogP contribution in [0.1, 0.15) is 55.3 Å². The van der Waals surface area contributed by atoms with Crippen molar-refractivity contribution in [3.63, 3.8) is 0 Å². The molecular formula is C23H30N2. The summed E-state index contributed by atoms with van der Waals surface area (Å²) in [6.07, 6.45) is 6.48. The van der Waals surface area contributed by atoms with E-state index in [1.165, 1.54) is 61.2 Å². The summed E-state index contributed by atoms with van der Waals surface area (Å²) < 4.78 is 0. The molecule has 132 valence electrons. The maximum Gasteiger partial charge on any atom is 0.0672 e. The van der Waals surface area contributed by atoms with E-state index in [4.69, 9.17) is 0 Å². The molecule has 2 aromatic carbocycles. The lowest BCUT2D eigenvalue weighted by Crippen LogP contribution is -2.48. The first kappa shape index (κ1) is 16.7. The van der Waals surface area contributed by atoms with Gasteiger partial charge in [-0.25, -0.2) is 0 Å². The van der Waals surface area contributed by atoms with Crippen LogP contribution in [0.5, 0.6) is 0 Å². The van der Waals surface area contributed by atoms with E-state index in [-0.39, 0.29) is 0 Å². The monoisotopic (exact) mass is 334 g/mol. The average molecular weight is 335 g/mol. The van der Waals surface area contributed by atoms with E-state index in [0.717, 1.165) is 19.5 Å². The smallest absolute Gasteiger partial charge is 0.0672 e. The molecule has 0 N–H and O–H groups in total. The van der Waals surface area contributed by atoms with Crippen LogP contribution in [-0.4, -0.2) is 31.1 Å². The number of para-hydroxylation sites is 1. The van der Waals surface area contributed by atoms with Crippen LogP contribution in [0.4, 0.5) is 5.69 Å². The van der Waals surface area contributed by atoms with Gasteiger partial charge in [0.05, 0.1) is 6.04 Å². The number of rotatable bonds is 5. The third kappa shape index (κ3) is 3.46. The molecule has 0 aliphatic carbocycles. The number of benzene rings is 2. The van der Waals surface area contributed by atoms with E-state index in [0.29, 0.717) is 6.04 Å². The molecule has 0 unspecified atom stereocenters. The van der Waals surface area contributed by atoms with Gasteiger partial charge in [0, 0.05) is 25.3 Å². The zero-order valence-corrected chi connectivity index (χ0v) is 15.5. The quantitative estimate of drug-likeness (QED) is 0.707. The molecule has 0 spiro atoms. The summed E-state index contributed by atoms with van der Waals surface area (Å²) in [6.45, 7) is 7.05. The van der Waals surface area contributed by atoms with Crippen molar-refractivity contribution in [2.24, 2.45) is 0 Å². The fourth-order valence-electron chi connectivity index (χ4n) is 4.53. The van der Waals surface area contributed by atoms with Crippen LogP contribution in [0, 0.1) is 0 Å². The molecular weight excluding hydrogens is 304 g/mol. The van der Waals surface area contributed by atoms with Crippen molar-refractivity contribution in [2.75, 3.05) is 31.1 Å². The minimum Gasteiger partial charge on any atom is -0.362 e. The number of nitrogens with zero attached hydrogens (tertiary/aromatic N) is 2. The molecule has 2 heteroatoms. The zero-order valence-electron chi connectivity index (χ0n) is 15.5. The predicted molar refractivity (Wildman–Crippen MR) is 106 cm³/mol. The van der Waals surface area contributed by atoms with Crippen LogP contribution in [0.25, 0.3) is 0 Å². The Kier molecular flexibility index (Phi) is 5.07. The van der Waals surface area contributed by atoms with E-state index >= 15 is 0 Å². The van der Waals surface area contributed by atoms with Crippen LogP contribution < -0.4 is 4.90 Å². The summed E-state index contributed by atoms with van der Waals surface area (Å²) in [7, 11) is 0. The lowest BCUT2D eigenvalue weighted by molar-refractivity contribution is 0.219. The molecule has 25 heavy (non-hydrogen) atoms. The molecule has 1 saturated heterocycles. The largest absolute Gasteiger partial charge is 0.362 e. The first-order valence-corrected chi connectivity index (χ1v) is 10.0. The van der Waals surface area contributed by atoms with Crippen molar-refractivity contribution in [1.82, 2.24) is 4.90 Å². The molecule has 2 aliphatic heterocycles. The summed E-state index contributed by atoms with van der Waals surface area (Å²) in [4.78, 5) is 5.37. The van der Waals surface area contributed by atoms with Crippen LogP contribution in [0.3, 0.4) is 0 Å². The Labute approximate surface area is 152 Å². The van der Waals surface area contributed by atoms with Crippen molar-refractivity contribution in [2.45, 2.75) is 45.1 Å². The van der Waals surface area contributed by atoms with Crippen molar-refractivity contribution >= 4 is 5.69 Å². The molecule has 1 fully saturated rings. The maximum absolute atomic E-state index is 2.70. The lowest BCUT2D eigenvalue weighted by atomic mass is 9.96. The fraction of sp³-hybridized carbons (Fsp3) is 0.478. The first-order chi connectivity index (χ1) is 12.4. The van der Waals surface area contributed by atoms with Gasteiger partial charge >= 0.3 is 0 Å². The first-order valence-electron chi connectivity index (χ1n) is 10.0. The van der Waals surface area contributed by atoms with Crippen LogP contribution >= 0.6 is 0 Å². The summed E-state index contributed by atoms with van der Waals surface area (Å²) in [5, 5.41) is 0. The van der Waals surface area contributed by atoms with Gasteiger partial charge in [-0.1, -0.05) is 68.7 Å². The number of fused-ring (bicyclic) bond motifs is 5. The summed E-state index contributed by atoms with van der Waals surface area (Å²) in [5.41, 5.74) is 5.98. The Hall–Kier alpha value is -1.80. The Balaban J connectivity index is 1.59. The number of anilines is 1. The standard InChI is InChI=1S/C23H30N2/c1-2-3-4-9-14-24-15-16-25-22-13-8-6-11-20(22)17-19-10-5-7-12-21(19)23(25)18-24/h5-8,10-13,23H,2-4,9,14-18H2,1H3/t23-/m1/s1. The Morgan fingerprint density at radius 2 is 1.68 bits per heavy atom. The van der Waals surface area contributed by atoms with E-state index in [2.05, 4.69) is 65.3 Å². The highest BCUT2D eigenvalue weighted by Crippen LogP contribution is 2.39. The molecule has 0 radical (unpaired) electrons. The Bertz CT molecular complexity index is 709. The predicted octanol–water partition coefficient (Wildman–Crippen LogP) is 5.03. The topological polar surface area (TPSA) is 6.48 Å². The fourth-order valence-corrected chi connectivity index (χ4v) is 4.53. The minimum atomic E-state index is 0.500. The van der Waals surface area contributed by atoms with E-state index in [1.54, 1.807) is 0 Å². The Morgan fingerprint density at radius 3 is 2.56 bits per heavy atom. The average Bonchev–Trinajstić information content (AvgIpc) is 2.79. The van der Waals surface area contributed by atoms with Gasteiger partial charge in [0.25, 0.3) is 0 Å². The van der Waals surface area contributed by atoms with Crippen molar-refractivity contribution in [3.8, 4) is 0 Å². The lowest BCUT2D eigenvalue weighted by Gasteiger charge is -2.43. The summed E-state index contributed by atoms with van der Waals surface area (Å²) in [5.74, 6) is 0. The van der Waals surface area contributed by atoms with E-state index in [9.17, 15) is 0 Å². The van der Waals surface area contributed by atoms with Crippen LogP contribution in [0.15, 0.2) is 48.5 Å². The van der Waals surface area contributed by atoms with Crippen LogP contribution in [-0.2, 0) is 6.42 Å². The second-order valence-corrected chi connectivity index (χ2v) is 7.57. The van der Waals surface area contributed by atoms with Crippen LogP contribution in [0.2, 0.25) is 0 Å². The van der Waals surface area contributed by atoms with E-state index in [1.807, 2.05) is 0 Å². The molecule has 0 amide bonds. The van der Waals surface area contributed by atoms with Crippen molar-refractivity contribution in [1.29, 1.82) is 0 Å². The molecule has 2 heterocycles. The van der Waals surface area contributed by atoms with Gasteiger partial charge in [-0.3, -0.25) is 4.90 Å². The van der Waals surface area contributed by atoms with Gasteiger partial charge in [-0.15, -0.1) is 0 Å². The number of hydrogen-bond donors (Lipinski definition) is 0. The highest BCUT2D eigenvalue weighted by atomic mass is 15.3. The third-order valence-electron chi connectivity index (χ3n) is 5.89. The number of unbranched alkanes of at least 4 members (excludes halogenated alkanes) is 3. The molecule has 0 saturated carbocycles. The highest BCUT2D eigenvalue weighted by Gasteiger charge is 2.32. The van der Waals surface area contributed by atoms with Gasteiger partial charge < -0.3 is 4.90 Å². The minimum absolute atomic E-state index is 0.500. The summed E-state index contributed by atoms with van der Waals surface area (Å²) in [6, 6.07) is 18.6. The second kappa shape index (κ2) is 7.61. The third-order valence-corrected chi connectivity index (χ3v) is 5.89. The van der Waals surface area contributed by atoms with Crippen molar-refractivity contribution < 1.29 is 0 Å². The van der Waals surface area contributed by atoms with Gasteiger partial charge in [0.2, 0.25) is 0 Å². The second-order valence-electron chi connectivity index (χ2n) is 7.57. The Morgan fingerprint density at radius 1 is 0.880 bits per heavy atom. The SMILES string of the molecule is CCCCCCN1CCN2c3ccccc3Cc3ccccc3[C@H]2C1. The van der Waals surface area contributed by atoms with Gasteiger partial charge in [-0.05, 0) is 42.1 Å². The maximum atomic E-state index is 2.70.